The van der Waals surface area contributed by atoms with Gasteiger partial charge in [-0.25, -0.2) is 8.42 Å². The number of likely N-dealkylation sites (tertiary alicyclic amines) is 1. The zero-order valence-electron chi connectivity index (χ0n) is 14.1. The molecule has 0 spiro atoms. The van der Waals surface area contributed by atoms with Gasteiger partial charge in [0.1, 0.15) is 4.90 Å². The third kappa shape index (κ3) is 4.17. The Balaban J connectivity index is 1.72. The molecule has 1 atom stereocenters. The number of sulfone groups is 1. The highest BCUT2D eigenvalue weighted by molar-refractivity contribution is 7.90. The first kappa shape index (κ1) is 17.4. The quantitative estimate of drug-likeness (QED) is 0.849. The smallest absolute Gasteiger partial charge is 0.246 e. The van der Waals surface area contributed by atoms with Crippen LogP contribution in [0.3, 0.4) is 0 Å². The molecule has 1 aliphatic rings. The Morgan fingerprint density at radius 2 is 2.08 bits per heavy atom. The van der Waals surface area contributed by atoms with Crippen molar-refractivity contribution in [1.29, 1.82) is 0 Å². The average Bonchev–Trinajstić information content (AvgIpc) is 3.11. The van der Waals surface area contributed by atoms with E-state index in [1.165, 1.54) is 12.5 Å². The molecule has 1 fully saturated rings. The van der Waals surface area contributed by atoms with Crippen LogP contribution in [-0.4, -0.2) is 48.8 Å². The lowest BCUT2D eigenvalue weighted by Crippen LogP contribution is -2.38. The Morgan fingerprint density at radius 3 is 2.80 bits per heavy atom. The highest BCUT2D eigenvalue weighted by Gasteiger charge is 2.29. The van der Waals surface area contributed by atoms with E-state index in [4.69, 9.17) is 0 Å². The standard InChI is InChI=1S/C18H21N3O3S/c1-25(23,24)16-12-19-20-18(16)15-8-5-11-21(13-15)17(22)10-9-14-6-3-2-4-7-14/h2-4,6-7,9-10,12,15H,5,8,11,13H2,1H3,(H,19,20). The molecule has 1 N–H and O–H groups in total. The van der Waals surface area contributed by atoms with Crippen LogP contribution < -0.4 is 0 Å². The van der Waals surface area contributed by atoms with Gasteiger partial charge in [0, 0.05) is 31.3 Å². The zero-order valence-corrected chi connectivity index (χ0v) is 14.9. The van der Waals surface area contributed by atoms with Crippen molar-refractivity contribution in [1.82, 2.24) is 15.1 Å². The molecule has 1 saturated heterocycles. The summed E-state index contributed by atoms with van der Waals surface area (Å²) in [7, 11) is -3.33. The van der Waals surface area contributed by atoms with Crippen LogP contribution in [0, 0.1) is 0 Å². The van der Waals surface area contributed by atoms with Crippen LogP contribution in [0.5, 0.6) is 0 Å². The molecule has 0 bridgehead atoms. The third-order valence-corrected chi connectivity index (χ3v) is 5.52. The Bertz CT molecular complexity index is 872. The molecule has 1 amide bonds. The number of hydrogen-bond donors (Lipinski definition) is 1. The van der Waals surface area contributed by atoms with E-state index in [0.717, 1.165) is 18.4 Å². The lowest BCUT2D eigenvalue weighted by Gasteiger charge is -2.31. The van der Waals surface area contributed by atoms with Crippen LogP contribution in [-0.2, 0) is 14.6 Å². The summed E-state index contributed by atoms with van der Waals surface area (Å²) >= 11 is 0. The minimum Gasteiger partial charge on any atom is -0.338 e. The SMILES string of the molecule is CS(=O)(=O)c1cn[nH]c1C1CCCN(C(=O)C=Cc2ccccc2)C1. The Morgan fingerprint density at radius 1 is 1.32 bits per heavy atom. The third-order valence-electron chi connectivity index (χ3n) is 4.39. The van der Waals surface area contributed by atoms with E-state index in [1.807, 2.05) is 30.3 Å². The normalized spacial score (nSPS) is 18.6. The first-order valence-electron chi connectivity index (χ1n) is 8.20. The first-order chi connectivity index (χ1) is 11.9. The van der Waals surface area contributed by atoms with Crippen LogP contribution in [0.25, 0.3) is 6.08 Å². The average molecular weight is 359 g/mol. The molecule has 2 aromatic rings. The summed E-state index contributed by atoms with van der Waals surface area (Å²) in [5.41, 5.74) is 1.57. The number of nitrogens with zero attached hydrogens (tertiary/aromatic N) is 2. The van der Waals surface area contributed by atoms with E-state index >= 15 is 0 Å². The second kappa shape index (κ2) is 7.23. The van der Waals surface area contributed by atoms with E-state index in [1.54, 1.807) is 17.1 Å². The maximum atomic E-state index is 12.5. The summed E-state index contributed by atoms with van der Waals surface area (Å²) in [4.78, 5) is 14.5. The lowest BCUT2D eigenvalue weighted by atomic mass is 9.95. The van der Waals surface area contributed by atoms with Crippen molar-refractivity contribution < 1.29 is 13.2 Å². The fourth-order valence-electron chi connectivity index (χ4n) is 3.12. The van der Waals surface area contributed by atoms with Crippen LogP contribution in [0.4, 0.5) is 0 Å². The van der Waals surface area contributed by atoms with Crippen molar-refractivity contribution >= 4 is 21.8 Å². The Hall–Kier alpha value is -2.41. The molecule has 1 aromatic carbocycles. The lowest BCUT2D eigenvalue weighted by molar-refractivity contribution is -0.127. The van der Waals surface area contributed by atoms with Gasteiger partial charge >= 0.3 is 0 Å². The van der Waals surface area contributed by atoms with Crippen molar-refractivity contribution in [3.8, 4) is 0 Å². The number of carbonyl (C=O) groups excluding carboxylic acids is 1. The number of piperidine rings is 1. The van der Waals surface area contributed by atoms with Gasteiger partial charge in [-0.05, 0) is 24.5 Å². The van der Waals surface area contributed by atoms with Crippen molar-refractivity contribution in [2.45, 2.75) is 23.7 Å². The fraction of sp³-hybridized carbons (Fsp3) is 0.333. The maximum absolute atomic E-state index is 12.5. The Kier molecular flexibility index (Phi) is 5.03. The van der Waals surface area contributed by atoms with Gasteiger partial charge < -0.3 is 4.90 Å². The molecule has 0 aliphatic carbocycles. The topological polar surface area (TPSA) is 83.1 Å². The summed E-state index contributed by atoms with van der Waals surface area (Å²) in [6.07, 6.45) is 7.55. The van der Waals surface area contributed by atoms with Gasteiger partial charge in [0.25, 0.3) is 0 Å². The zero-order chi connectivity index (χ0) is 17.9. The monoisotopic (exact) mass is 359 g/mol. The van der Waals surface area contributed by atoms with Gasteiger partial charge in [-0.15, -0.1) is 0 Å². The molecular formula is C18H21N3O3S. The highest BCUT2D eigenvalue weighted by Crippen LogP contribution is 2.29. The second-order valence-corrected chi connectivity index (χ2v) is 8.27. The van der Waals surface area contributed by atoms with Gasteiger partial charge in [0.2, 0.25) is 5.91 Å². The summed E-state index contributed by atoms with van der Waals surface area (Å²) in [6, 6.07) is 9.65. The number of rotatable bonds is 4. The van der Waals surface area contributed by atoms with Gasteiger partial charge in [0.15, 0.2) is 9.84 Å². The summed E-state index contributed by atoms with van der Waals surface area (Å²) < 4.78 is 23.8. The van der Waals surface area contributed by atoms with Crippen molar-refractivity contribution in [2.75, 3.05) is 19.3 Å². The largest absolute Gasteiger partial charge is 0.338 e. The number of amides is 1. The summed E-state index contributed by atoms with van der Waals surface area (Å²) in [5.74, 6) is -0.107. The first-order valence-corrected chi connectivity index (χ1v) is 10.1. The van der Waals surface area contributed by atoms with Crippen LogP contribution in [0.1, 0.15) is 30.0 Å². The van der Waals surface area contributed by atoms with Gasteiger partial charge in [0.05, 0.1) is 11.9 Å². The molecule has 2 heterocycles. The number of hydrogen-bond acceptors (Lipinski definition) is 4. The number of aromatic amines is 1. The van der Waals surface area contributed by atoms with Crippen molar-refractivity contribution in [3.63, 3.8) is 0 Å². The predicted molar refractivity (Wildman–Crippen MR) is 95.7 cm³/mol. The fourth-order valence-corrected chi connectivity index (χ4v) is 3.98. The number of nitrogens with one attached hydrogen (secondary N) is 1. The van der Waals surface area contributed by atoms with Crippen LogP contribution in [0.2, 0.25) is 0 Å². The summed E-state index contributed by atoms with van der Waals surface area (Å²) in [6.45, 7) is 1.17. The van der Waals surface area contributed by atoms with Gasteiger partial charge in [-0.2, -0.15) is 5.10 Å². The van der Waals surface area contributed by atoms with E-state index in [2.05, 4.69) is 10.2 Å². The van der Waals surface area contributed by atoms with Crippen molar-refractivity contribution in [2.24, 2.45) is 0 Å². The molecule has 132 valence electrons. The van der Waals surface area contributed by atoms with Crippen LogP contribution >= 0.6 is 0 Å². The predicted octanol–water partition coefficient (Wildman–Crippen LogP) is 2.23. The minimum absolute atomic E-state index is 0.0462. The van der Waals surface area contributed by atoms with E-state index < -0.39 is 9.84 Å². The highest BCUT2D eigenvalue weighted by atomic mass is 32.2. The van der Waals surface area contributed by atoms with Crippen molar-refractivity contribution in [3.05, 3.63) is 53.9 Å². The molecule has 0 saturated carbocycles. The minimum atomic E-state index is -3.33. The molecule has 1 aliphatic heterocycles. The maximum Gasteiger partial charge on any atom is 0.246 e. The second-order valence-electron chi connectivity index (χ2n) is 6.29. The van der Waals surface area contributed by atoms with Gasteiger partial charge in [-0.3, -0.25) is 9.89 Å². The molecule has 1 unspecified atom stereocenters. The molecule has 0 radical (unpaired) electrons. The molecule has 1 aromatic heterocycles. The molecule has 7 heteroatoms. The molecular weight excluding hydrogens is 338 g/mol. The molecule has 6 nitrogen and oxygen atoms in total. The van der Waals surface area contributed by atoms with E-state index in [-0.39, 0.29) is 16.7 Å². The van der Waals surface area contributed by atoms with Gasteiger partial charge in [-0.1, -0.05) is 30.3 Å². The van der Waals surface area contributed by atoms with E-state index in [0.29, 0.717) is 18.8 Å². The summed E-state index contributed by atoms with van der Waals surface area (Å²) in [5, 5.41) is 6.70. The number of H-pyrrole nitrogens is 1. The number of aromatic nitrogens is 2. The Labute approximate surface area is 147 Å². The van der Waals surface area contributed by atoms with Crippen LogP contribution in [0.15, 0.2) is 47.5 Å². The number of carbonyl (C=O) groups is 1. The molecule has 25 heavy (non-hydrogen) atoms. The number of benzene rings is 1. The van der Waals surface area contributed by atoms with E-state index in [9.17, 15) is 13.2 Å². The molecule has 3 rings (SSSR count).